The van der Waals surface area contributed by atoms with E-state index >= 15 is 0 Å². The largest absolute Gasteiger partial charge is 0.496 e. The predicted molar refractivity (Wildman–Crippen MR) is 104 cm³/mol. The maximum absolute atomic E-state index is 12.1. The number of esters is 1. The Kier molecular flexibility index (Phi) is 7.09. The molecule has 0 radical (unpaired) electrons. The summed E-state index contributed by atoms with van der Waals surface area (Å²) in [5.74, 6) is 0.848. The van der Waals surface area contributed by atoms with Crippen LogP contribution >= 0.6 is 11.6 Å². The zero-order valence-electron chi connectivity index (χ0n) is 16.1. The van der Waals surface area contributed by atoms with Gasteiger partial charge in [-0.05, 0) is 50.3 Å². The minimum absolute atomic E-state index is 0.135. The number of rotatable bonds is 8. The summed E-state index contributed by atoms with van der Waals surface area (Å²) in [5.41, 5.74) is 2.83. The molecule has 0 saturated heterocycles. The van der Waals surface area contributed by atoms with Crippen molar-refractivity contribution in [1.82, 2.24) is 9.78 Å². The smallest absolute Gasteiger partial charge is 0.360 e. The van der Waals surface area contributed by atoms with Crippen LogP contribution in [0.15, 0.2) is 18.2 Å². The second-order valence-electron chi connectivity index (χ2n) is 6.51. The highest BCUT2D eigenvalue weighted by Crippen LogP contribution is 2.37. The predicted octanol–water partition coefficient (Wildman–Crippen LogP) is 5.00. The van der Waals surface area contributed by atoms with Gasteiger partial charge in [0.15, 0.2) is 5.69 Å². The molecule has 2 aromatic rings. The topological polar surface area (TPSA) is 53.3 Å². The van der Waals surface area contributed by atoms with Gasteiger partial charge in [0.2, 0.25) is 0 Å². The Bertz CT molecular complexity index is 769. The molecule has 0 aliphatic rings. The molecule has 1 heterocycles. The number of ether oxygens (including phenoxy) is 2. The molecule has 1 aromatic carbocycles. The van der Waals surface area contributed by atoms with E-state index in [1.165, 1.54) is 5.56 Å². The lowest BCUT2D eigenvalue weighted by molar-refractivity contribution is 0.0518. The zero-order valence-corrected chi connectivity index (χ0v) is 16.9. The van der Waals surface area contributed by atoms with Crippen molar-refractivity contribution in [3.8, 4) is 17.0 Å². The minimum Gasteiger partial charge on any atom is -0.496 e. The summed E-state index contributed by atoms with van der Waals surface area (Å²) in [6, 6.07) is 6.09. The van der Waals surface area contributed by atoms with Gasteiger partial charge in [0, 0.05) is 12.1 Å². The number of methoxy groups -OCH3 is 1. The van der Waals surface area contributed by atoms with Crippen LogP contribution in [-0.2, 0) is 17.7 Å². The van der Waals surface area contributed by atoms with Crippen LogP contribution in [0.1, 0.15) is 50.2 Å². The van der Waals surface area contributed by atoms with E-state index in [1.807, 2.05) is 19.1 Å². The summed E-state index contributed by atoms with van der Waals surface area (Å²) in [4.78, 5) is 12.1. The summed E-state index contributed by atoms with van der Waals surface area (Å²) in [6.45, 7) is 8.97. The lowest BCUT2D eigenvalue weighted by Gasteiger charge is -2.13. The van der Waals surface area contributed by atoms with Gasteiger partial charge in [-0.15, -0.1) is 0 Å². The van der Waals surface area contributed by atoms with E-state index in [1.54, 1.807) is 18.7 Å². The normalized spacial score (nSPS) is 11.0. The molecule has 0 aliphatic carbocycles. The van der Waals surface area contributed by atoms with E-state index in [-0.39, 0.29) is 12.3 Å². The first-order valence-electron chi connectivity index (χ1n) is 9.03. The molecule has 0 amide bonds. The molecule has 0 aliphatic heterocycles. The van der Waals surface area contributed by atoms with Crippen molar-refractivity contribution in [3.05, 3.63) is 34.5 Å². The van der Waals surface area contributed by atoms with Gasteiger partial charge in [0.05, 0.1) is 19.4 Å². The van der Waals surface area contributed by atoms with E-state index in [9.17, 15) is 4.79 Å². The Balaban J connectivity index is 2.48. The van der Waals surface area contributed by atoms with Crippen molar-refractivity contribution in [2.75, 3.05) is 13.7 Å². The second-order valence-corrected chi connectivity index (χ2v) is 6.89. The molecule has 1 aromatic heterocycles. The van der Waals surface area contributed by atoms with Gasteiger partial charge in [0.25, 0.3) is 0 Å². The molecule has 0 unspecified atom stereocenters. The molecule has 0 atom stereocenters. The Hall–Kier alpha value is -2.01. The number of aromatic nitrogens is 2. The van der Waals surface area contributed by atoms with Gasteiger partial charge >= 0.3 is 5.97 Å². The van der Waals surface area contributed by atoms with E-state index in [2.05, 4.69) is 25.0 Å². The molecule has 6 heteroatoms. The van der Waals surface area contributed by atoms with Crippen LogP contribution in [0, 0.1) is 5.92 Å². The molecule has 0 N–H and O–H groups in total. The van der Waals surface area contributed by atoms with Crippen molar-refractivity contribution in [1.29, 1.82) is 0 Å². The van der Waals surface area contributed by atoms with Gasteiger partial charge in [-0.1, -0.05) is 31.5 Å². The average molecular weight is 379 g/mol. The first-order chi connectivity index (χ1) is 12.4. The SMILES string of the molecule is CCOC(=O)c1nn(CC)c(-c2ccc(CCC(C)C)cc2OC)c1Cl. The molecular formula is C20H27ClN2O3. The molecule has 0 saturated carbocycles. The summed E-state index contributed by atoms with van der Waals surface area (Å²) < 4.78 is 12.4. The monoisotopic (exact) mass is 378 g/mol. The van der Waals surface area contributed by atoms with Crippen LogP contribution < -0.4 is 4.74 Å². The van der Waals surface area contributed by atoms with E-state index in [4.69, 9.17) is 21.1 Å². The minimum atomic E-state index is -0.515. The van der Waals surface area contributed by atoms with E-state index < -0.39 is 5.97 Å². The Morgan fingerprint density at radius 1 is 1.31 bits per heavy atom. The number of carbonyl (C=O) groups excluding carboxylic acids is 1. The van der Waals surface area contributed by atoms with Crippen molar-refractivity contribution in [3.63, 3.8) is 0 Å². The highest BCUT2D eigenvalue weighted by molar-refractivity contribution is 6.36. The Labute approximate surface area is 160 Å². The molecule has 0 spiro atoms. The van der Waals surface area contributed by atoms with Crippen LogP contribution in [0.2, 0.25) is 5.02 Å². The van der Waals surface area contributed by atoms with Crippen LogP contribution in [0.4, 0.5) is 0 Å². The summed E-state index contributed by atoms with van der Waals surface area (Å²) in [5, 5.41) is 4.63. The lowest BCUT2D eigenvalue weighted by atomic mass is 10.00. The van der Waals surface area contributed by atoms with Crippen molar-refractivity contribution in [2.24, 2.45) is 5.92 Å². The highest BCUT2D eigenvalue weighted by atomic mass is 35.5. The van der Waals surface area contributed by atoms with Crippen molar-refractivity contribution in [2.45, 2.75) is 47.1 Å². The van der Waals surface area contributed by atoms with E-state index in [0.717, 1.165) is 24.2 Å². The summed E-state index contributed by atoms with van der Waals surface area (Å²) in [6.07, 6.45) is 2.10. The first kappa shape index (κ1) is 20.3. The fourth-order valence-corrected chi connectivity index (χ4v) is 3.11. The van der Waals surface area contributed by atoms with Crippen LogP contribution in [0.3, 0.4) is 0 Å². The number of benzene rings is 1. The molecule has 2 rings (SSSR count). The number of nitrogens with zero attached hydrogens (tertiary/aromatic N) is 2. The third kappa shape index (κ3) is 4.39. The van der Waals surface area contributed by atoms with E-state index in [0.29, 0.717) is 23.2 Å². The molecular weight excluding hydrogens is 352 g/mol. The number of carbonyl (C=O) groups is 1. The maximum Gasteiger partial charge on any atom is 0.360 e. The number of aryl methyl sites for hydroxylation is 2. The first-order valence-corrected chi connectivity index (χ1v) is 9.41. The van der Waals surface area contributed by atoms with Crippen LogP contribution in [0.25, 0.3) is 11.3 Å². The molecule has 0 fully saturated rings. The number of halogens is 1. The molecule has 5 nitrogen and oxygen atoms in total. The Morgan fingerprint density at radius 2 is 2.04 bits per heavy atom. The number of hydrogen-bond acceptors (Lipinski definition) is 4. The van der Waals surface area contributed by atoms with Gasteiger partial charge in [-0.3, -0.25) is 4.68 Å². The lowest BCUT2D eigenvalue weighted by Crippen LogP contribution is -2.07. The van der Waals surface area contributed by atoms with Gasteiger partial charge < -0.3 is 9.47 Å². The third-order valence-corrected chi connectivity index (χ3v) is 4.55. The van der Waals surface area contributed by atoms with Crippen molar-refractivity contribution >= 4 is 17.6 Å². The quantitative estimate of drug-likeness (QED) is 0.607. The third-order valence-electron chi connectivity index (χ3n) is 4.19. The standard InChI is InChI=1S/C20H27ClN2O3/c1-6-23-19(17(21)18(22-23)20(24)26-7-2)15-11-10-14(9-8-13(3)4)12-16(15)25-5/h10-13H,6-9H2,1-5H3. The fraction of sp³-hybridized carbons (Fsp3) is 0.500. The summed E-state index contributed by atoms with van der Waals surface area (Å²) in [7, 11) is 1.64. The second kappa shape index (κ2) is 9.08. The fourth-order valence-electron chi connectivity index (χ4n) is 2.80. The average Bonchev–Trinajstić information content (AvgIpc) is 2.96. The van der Waals surface area contributed by atoms with Crippen LogP contribution in [0.5, 0.6) is 5.75 Å². The number of hydrogen-bond donors (Lipinski definition) is 0. The molecule has 0 bridgehead atoms. The zero-order chi connectivity index (χ0) is 19.3. The van der Waals surface area contributed by atoms with Crippen molar-refractivity contribution < 1.29 is 14.3 Å². The molecule has 142 valence electrons. The van der Waals surface area contributed by atoms with Gasteiger partial charge in [-0.25, -0.2) is 4.79 Å². The molecule has 26 heavy (non-hydrogen) atoms. The van der Waals surface area contributed by atoms with Gasteiger partial charge in [-0.2, -0.15) is 5.10 Å². The highest BCUT2D eigenvalue weighted by Gasteiger charge is 2.25. The maximum atomic E-state index is 12.1. The van der Waals surface area contributed by atoms with Crippen LogP contribution in [-0.4, -0.2) is 29.5 Å². The Morgan fingerprint density at radius 3 is 2.62 bits per heavy atom. The summed E-state index contributed by atoms with van der Waals surface area (Å²) >= 11 is 6.51. The van der Waals surface area contributed by atoms with Gasteiger partial charge in [0.1, 0.15) is 10.8 Å².